The van der Waals surface area contributed by atoms with Crippen LogP contribution in [0.25, 0.3) is 22.0 Å². The number of hydrogen-bond donors (Lipinski definition) is 1. The number of pyridine rings is 1. The van der Waals surface area contributed by atoms with Crippen LogP contribution in [0.4, 0.5) is 0 Å². The second kappa shape index (κ2) is 8.75. The van der Waals surface area contributed by atoms with Gasteiger partial charge in [-0.2, -0.15) is 5.10 Å². The van der Waals surface area contributed by atoms with E-state index < -0.39 is 10.0 Å². The van der Waals surface area contributed by atoms with Crippen LogP contribution in [0, 0.1) is 0 Å². The lowest BCUT2D eigenvalue weighted by molar-refractivity contribution is 0.0839. The van der Waals surface area contributed by atoms with E-state index in [0.29, 0.717) is 12.0 Å². The largest absolute Gasteiger partial charge is 0.453 e. The number of benzene rings is 2. The fourth-order valence-electron chi connectivity index (χ4n) is 4.59. The van der Waals surface area contributed by atoms with Crippen LogP contribution in [0.5, 0.6) is 11.5 Å². The lowest BCUT2D eigenvalue weighted by Gasteiger charge is -2.21. The second-order valence-corrected chi connectivity index (χ2v) is 10.8. The molecule has 4 aromatic rings. The van der Waals surface area contributed by atoms with E-state index in [2.05, 4.69) is 9.67 Å². The van der Waals surface area contributed by atoms with E-state index >= 15 is 0 Å². The molecule has 2 aromatic heterocycles. The van der Waals surface area contributed by atoms with Gasteiger partial charge < -0.3 is 9.47 Å². The highest BCUT2D eigenvalue weighted by Gasteiger charge is 2.30. The Morgan fingerprint density at radius 3 is 2.40 bits per heavy atom. The smallest absolute Gasteiger partial charge is 0.238 e. The number of aromatic nitrogens is 3. The molecule has 1 aliphatic carbocycles. The van der Waals surface area contributed by atoms with E-state index in [9.17, 15) is 8.42 Å². The molecule has 3 heterocycles. The Hall–Kier alpha value is -3.27. The standard InChI is InChI=1S/C26H26N4O4S/c27-35(31,32)21-6-1-17(2-7-21)19-3-8-22-23(15-19)28-12-9-24(22)34-25-16-30(20-4-5-20)29-26(25)18-10-13-33-14-11-18/h1-3,6-9,12,15-16,18,20H,4-5,10-11,13-14H2,(H2,27,31,32). The predicted molar refractivity (Wildman–Crippen MR) is 132 cm³/mol. The molecule has 8 nitrogen and oxygen atoms in total. The molecule has 180 valence electrons. The molecule has 0 bridgehead atoms. The zero-order chi connectivity index (χ0) is 24.0. The summed E-state index contributed by atoms with van der Waals surface area (Å²) in [6.45, 7) is 1.50. The number of ether oxygens (including phenoxy) is 2. The van der Waals surface area contributed by atoms with Crippen molar-refractivity contribution in [1.29, 1.82) is 0 Å². The second-order valence-electron chi connectivity index (χ2n) is 9.19. The zero-order valence-corrected chi connectivity index (χ0v) is 19.9. The Morgan fingerprint density at radius 2 is 1.69 bits per heavy atom. The van der Waals surface area contributed by atoms with Gasteiger partial charge >= 0.3 is 0 Å². The van der Waals surface area contributed by atoms with Gasteiger partial charge in [-0.25, -0.2) is 13.6 Å². The maximum atomic E-state index is 11.6. The molecule has 0 radical (unpaired) electrons. The molecular weight excluding hydrogens is 464 g/mol. The third kappa shape index (κ3) is 4.54. The number of rotatable bonds is 6. The number of nitrogens with zero attached hydrogens (tertiary/aromatic N) is 3. The Kier molecular flexibility index (Phi) is 5.55. The van der Waals surface area contributed by atoms with Crippen LogP contribution in [-0.4, -0.2) is 36.4 Å². The molecule has 2 aromatic carbocycles. The number of primary sulfonamides is 1. The van der Waals surface area contributed by atoms with E-state index in [4.69, 9.17) is 19.7 Å². The number of sulfonamides is 1. The van der Waals surface area contributed by atoms with Gasteiger partial charge in [0.05, 0.1) is 22.7 Å². The summed E-state index contributed by atoms with van der Waals surface area (Å²) in [7, 11) is -3.73. The molecule has 0 spiro atoms. The molecule has 0 amide bonds. The van der Waals surface area contributed by atoms with E-state index in [1.807, 2.05) is 30.5 Å². The quantitative estimate of drug-likeness (QED) is 0.417. The van der Waals surface area contributed by atoms with Gasteiger partial charge in [-0.15, -0.1) is 0 Å². The maximum absolute atomic E-state index is 11.6. The first-order chi connectivity index (χ1) is 17.0. The zero-order valence-electron chi connectivity index (χ0n) is 19.1. The lowest BCUT2D eigenvalue weighted by Crippen LogP contribution is -2.15. The molecule has 1 saturated heterocycles. The molecule has 0 atom stereocenters. The molecule has 35 heavy (non-hydrogen) atoms. The summed E-state index contributed by atoms with van der Waals surface area (Å²) in [5.74, 6) is 1.87. The van der Waals surface area contributed by atoms with Crippen LogP contribution in [0.1, 0.15) is 43.3 Å². The van der Waals surface area contributed by atoms with Crippen molar-refractivity contribution in [2.24, 2.45) is 5.14 Å². The fourth-order valence-corrected chi connectivity index (χ4v) is 5.11. The Morgan fingerprint density at radius 1 is 0.943 bits per heavy atom. The van der Waals surface area contributed by atoms with Gasteiger partial charge in [-0.3, -0.25) is 9.67 Å². The van der Waals surface area contributed by atoms with Crippen molar-refractivity contribution in [3.05, 3.63) is 66.6 Å². The summed E-state index contributed by atoms with van der Waals surface area (Å²) >= 11 is 0. The van der Waals surface area contributed by atoms with Crippen molar-refractivity contribution < 1.29 is 17.9 Å². The average Bonchev–Trinajstić information content (AvgIpc) is 3.64. The summed E-state index contributed by atoms with van der Waals surface area (Å²) in [4.78, 5) is 4.63. The first-order valence-electron chi connectivity index (χ1n) is 11.8. The van der Waals surface area contributed by atoms with Crippen molar-refractivity contribution in [2.45, 2.75) is 42.5 Å². The van der Waals surface area contributed by atoms with E-state index in [0.717, 1.165) is 78.1 Å². The molecule has 2 aliphatic rings. The molecular formula is C26H26N4O4S. The number of fused-ring (bicyclic) bond motifs is 1. The third-order valence-corrected chi connectivity index (χ3v) is 7.62. The Labute approximate surface area is 203 Å². The van der Waals surface area contributed by atoms with Crippen LogP contribution < -0.4 is 9.88 Å². The van der Waals surface area contributed by atoms with E-state index in [1.54, 1.807) is 18.3 Å². The minimum atomic E-state index is -3.73. The van der Waals surface area contributed by atoms with Crippen LogP contribution in [0.2, 0.25) is 0 Å². The number of hydrogen-bond acceptors (Lipinski definition) is 6. The van der Waals surface area contributed by atoms with Crippen LogP contribution in [-0.2, 0) is 14.8 Å². The molecule has 1 saturated carbocycles. The average molecular weight is 491 g/mol. The van der Waals surface area contributed by atoms with Gasteiger partial charge in [-0.05, 0) is 67.1 Å². The van der Waals surface area contributed by atoms with Crippen LogP contribution in [0.3, 0.4) is 0 Å². The first-order valence-corrected chi connectivity index (χ1v) is 13.4. The highest BCUT2D eigenvalue weighted by atomic mass is 32.2. The monoisotopic (exact) mass is 490 g/mol. The van der Waals surface area contributed by atoms with Gasteiger partial charge in [0.1, 0.15) is 11.4 Å². The minimum Gasteiger partial charge on any atom is -0.453 e. The van der Waals surface area contributed by atoms with Gasteiger partial charge in [0, 0.05) is 30.7 Å². The number of nitrogens with two attached hydrogens (primary N) is 1. The Bertz CT molecular complexity index is 1490. The van der Waals surface area contributed by atoms with Crippen LogP contribution in [0.15, 0.2) is 65.8 Å². The summed E-state index contributed by atoms with van der Waals surface area (Å²) in [5.41, 5.74) is 3.60. The SMILES string of the molecule is NS(=O)(=O)c1ccc(-c2ccc3c(Oc4cn(C5CC5)nc4C4CCOCC4)ccnc3c2)cc1. The first kappa shape index (κ1) is 22.2. The molecule has 1 aliphatic heterocycles. The summed E-state index contributed by atoms with van der Waals surface area (Å²) in [6.07, 6.45) is 7.99. The summed E-state index contributed by atoms with van der Waals surface area (Å²) in [6, 6.07) is 14.8. The highest BCUT2D eigenvalue weighted by Crippen LogP contribution is 2.41. The van der Waals surface area contributed by atoms with E-state index in [1.165, 1.54) is 12.1 Å². The molecule has 2 N–H and O–H groups in total. The van der Waals surface area contributed by atoms with Crippen LogP contribution >= 0.6 is 0 Å². The van der Waals surface area contributed by atoms with Crippen molar-refractivity contribution in [3.8, 4) is 22.6 Å². The van der Waals surface area contributed by atoms with Gasteiger partial charge in [0.25, 0.3) is 0 Å². The predicted octanol–water partition coefficient (Wildman–Crippen LogP) is 4.77. The summed E-state index contributed by atoms with van der Waals surface area (Å²) < 4.78 is 37.2. The van der Waals surface area contributed by atoms with Crippen molar-refractivity contribution in [2.75, 3.05) is 13.2 Å². The normalized spacial score (nSPS) is 17.1. The van der Waals surface area contributed by atoms with Crippen molar-refractivity contribution in [1.82, 2.24) is 14.8 Å². The molecule has 6 rings (SSSR count). The summed E-state index contributed by atoms with van der Waals surface area (Å²) in [5, 5.41) is 11.0. The minimum absolute atomic E-state index is 0.0860. The molecule has 9 heteroatoms. The van der Waals surface area contributed by atoms with Gasteiger partial charge in [0.2, 0.25) is 10.0 Å². The van der Waals surface area contributed by atoms with Crippen molar-refractivity contribution >= 4 is 20.9 Å². The maximum Gasteiger partial charge on any atom is 0.238 e. The topological polar surface area (TPSA) is 109 Å². The third-order valence-electron chi connectivity index (χ3n) is 6.69. The fraction of sp³-hybridized carbons (Fsp3) is 0.308. The van der Waals surface area contributed by atoms with Gasteiger partial charge in [-0.1, -0.05) is 18.2 Å². The van der Waals surface area contributed by atoms with Crippen molar-refractivity contribution in [3.63, 3.8) is 0 Å². The van der Waals surface area contributed by atoms with E-state index in [-0.39, 0.29) is 4.90 Å². The Balaban J connectivity index is 1.33. The molecule has 2 fully saturated rings. The highest BCUT2D eigenvalue weighted by molar-refractivity contribution is 7.89. The molecule has 0 unspecified atom stereocenters. The van der Waals surface area contributed by atoms with Gasteiger partial charge in [0.15, 0.2) is 5.75 Å². The lowest BCUT2D eigenvalue weighted by atomic mass is 9.96.